The molecule has 15 heteroatoms. The number of fused-ring (bicyclic) bond motifs is 6. The van der Waals surface area contributed by atoms with Gasteiger partial charge in [-0.05, 0) is 109 Å². The van der Waals surface area contributed by atoms with Crippen molar-refractivity contribution in [1.29, 1.82) is 0 Å². The van der Waals surface area contributed by atoms with E-state index in [1.807, 2.05) is 36.8 Å². The number of nitrogens with one attached hydrogen (secondary N) is 3. The number of carbonyl (C=O) groups is 4. The van der Waals surface area contributed by atoms with E-state index in [4.69, 9.17) is 28.9 Å². The van der Waals surface area contributed by atoms with Crippen LogP contribution in [0.3, 0.4) is 0 Å². The van der Waals surface area contributed by atoms with E-state index in [9.17, 15) is 19.2 Å². The lowest BCUT2D eigenvalue weighted by atomic mass is 9.91. The molecule has 3 N–H and O–H groups in total. The van der Waals surface area contributed by atoms with Crippen LogP contribution in [0.2, 0.25) is 0 Å². The number of aromatic nitrogens is 2. The molecular weight excluding hydrogens is 791 g/mol. The first-order chi connectivity index (χ1) is 29.8. The molecule has 0 spiro atoms. The fraction of sp³-hybridized carbons (Fsp3) is 0.489. The number of aliphatic imine (C=N–C) groups is 1. The molecule has 5 heterocycles. The highest BCUT2D eigenvalue weighted by Crippen LogP contribution is 2.45. The van der Waals surface area contributed by atoms with Crippen molar-refractivity contribution < 1.29 is 38.1 Å². The monoisotopic (exact) mass is 847 g/mol. The van der Waals surface area contributed by atoms with Crippen LogP contribution in [0.4, 0.5) is 15.3 Å². The first kappa shape index (κ1) is 42.7. The molecule has 1 aromatic heterocycles. The zero-order valence-corrected chi connectivity index (χ0v) is 36.7. The summed E-state index contributed by atoms with van der Waals surface area (Å²) in [6, 6.07) is 12.7. The number of carbonyl (C=O) groups excluding carboxylic acids is 4. The minimum atomic E-state index is -0.905. The number of ether oxygens (including phenoxy) is 4. The Kier molecular flexibility index (Phi) is 12.0. The molecule has 4 amide bonds. The molecule has 15 nitrogen and oxygen atoms in total. The number of rotatable bonds is 11. The standard InChI is InChI=1S/C47H57N7O8/c1-9-30-13-17-38(54(30)45(56)42(26(5)59-6)52-47(58)61-8)36-20-33-32-21-40-34(19-27(32)12-15-35(33)49-36)31-14-11-28(18-29(31)23-62-40)37-22-48-43(50-37)39-16-10-25(4)53(39)44(55)41(24(2)3)51-46(57)60-7/h11-12,14-15,18-19,21-22,24-26,30,38-39,41-42H,9-10,13,16-17,20,23H2,1-8H3,(H,48,50)(H,51,57)(H,52,58)/t25-,26+,30-,38-,39-,41?,42-/m0/s1. The maximum absolute atomic E-state index is 14.2. The van der Waals surface area contributed by atoms with E-state index in [-0.39, 0.29) is 41.9 Å². The second-order valence-corrected chi connectivity index (χ2v) is 17.3. The average Bonchev–Trinajstić information content (AvgIpc) is 4.11. The molecule has 2 fully saturated rings. The van der Waals surface area contributed by atoms with Gasteiger partial charge in [-0.25, -0.2) is 14.6 Å². The lowest BCUT2D eigenvalue weighted by Gasteiger charge is -2.35. The highest BCUT2D eigenvalue weighted by molar-refractivity contribution is 6.07. The number of imidazole rings is 1. The topological polar surface area (TPSA) is 177 Å². The Morgan fingerprint density at radius 1 is 0.871 bits per heavy atom. The van der Waals surface area contributed by atoms with Crippen LogP contribution in [0.15, 0.2) is 53.7 Å². The van der Waals surface area contributed by atoms with Crippen LogP contribution in [0, 0.1) is 5.92 Å². The van der Waals surface area contributed by atoms with E-state index in [0.29, 0.717) is 18.9 Å². The van der Waals surface area contributed by atoms with Crippen molar-refractivity contribution in [3.63, 3.8) is 0 Å². The Morgan fingerprint density at radius 2 is 1.60 bits per heavy atom. The van der Waals surface area contributed by atoms with Gasteiger partial charge in [-0.15, -0.1) is 0 Å². The third-order valence-electron chi connectivity index (χ3n) is 13.3. The van der Waals surface area contributed by atoms with Crippen LogP contribution in [0.1, 0.15) is 89.7 Å². The van der Waals surface area contributed by atoms with Crippen molar-refractivity contribution in [2.45, 2.75) is 122 Å². The van der Waals surface area contributed by atoms with Gasteiger partial charge in [-0.3, -0.25) is 14.6 Å². The molecule has 328 valence electrons. The number of H-pyrrole nitrogens is 1. The molecular formula is C47H57N7O8. The molecule has 4 aliphatic heterocycles. The largest absolute Gasteiger partial charge is 0.488 e. The molecule has 2 saturated heterocycles. The van der Waals surface area contributed by atoms with Crippen molar-refractivity contribution in [2.24, 2.45) is 10.9 Å². The summed E-state index contributed by atoms with van der Waals surface area (Å²) in [4.78, 5) is 69.7. The van der Waals surface area contributed by atoms with Crippen LogP contribution in [-0.4, -0.2) is 107 Å². The molecule has 7 atom stereocenters. The van der Waals surface area contributed by atoms with Crippen molar-refractivity contribution in [2.75, 3.05) is 21.3 Å². The lowest BCUT2D eigenvalue weighted by Crippen LogP contribution is -2.58. The number of nitrogens with zero attached hydrogens (tertiary/aromatic N) is 4. The maximum Gasteiger partial charge on any atom is 0.407 e. The van der Waals surface area contributed by atoms with Crippen LogP contribution in [0.5, 0.6) is 5.75 Å². The van der Waals surface area contributed by atoms with E-state index in [0.717, 1.165) is 93.5 Å². The van der Waals surface area contributed by atoms with Gasteiger partial charge in [0.25, 0.3) is 0 Å². The number of amides is 4. The third-order valence-corrected chi connectivity index (χ3v) is 13.3. The number of methoxy groups -OCH3 is 3. The minimum Gasteiger partial charge on any atom is -0.488 e. The number of aromatic amines is 1. The summed E-state index contributed by atoms with van der Waals surface area (Å²) < 4.78 is 21.7. The molecule has 8 rings (SSSR count). The number of hydrogen-bond acceptors (Lipinski definition) is 10. The molecule has 0 bridgehead atoms. The van der Waals surface area contributed by atoms with Crippen LogP contribution < -0.4 is 15.4 Å². The zero-order chi connectivity index (χ0) is 44.0. The average molecular weight is 848 g/mol. The quantitative estimate of drug-likeness (QED) is 0.139. The fourth-order valence-corrected chi connectivity index (χ4v) is 9.83. The van der Waals surface area contributed by atoms with Gasteiger partial charge in [0, 0.05) is 36.9 Å². The second-order valence-electron chi connectivity index (χ2n) is 17.3. The predicted molar refractivity (Wildman–Crippen MR) is 234 cm³/mol. The predicted octanol–water partition coefficient (Wildman–Crippen LogP) is 7.38. The van der Waals surface area contributed by atoms with Gasteiger partial charge in [-0.1, -0.05) is 39.0 Å². The summed E-state index contributed by atoms with van der Waals surface area (Å²) in [5.74, 6) is 1.03. The Bertz CT molecular complexity index is 2430. The van der Waals surface area contributed by atoms with Crippen LogP contribution in [-0.2, 0) is 36.8 Å². The fourth-order valence-electron chi connectivity index (χ4n) is 9.83. The van der Waals surface area contributed by atoms with Gasteiger partial charge in [0.1, 0.15) is 30.3 Å². The smallest absolute Gasteiger partial charge is 0.407 e. The Balaban J connectivity index is 1.02. The number of hydrogen-bond donors (Lipinski definition) is 3. The maximum atomic E-state index is 14.2. The molecule has 62 heavy (non-hydrogen) atoms. The van der Waals surface area contributed by atoms with Gasteiger partial charge in [0.15, 0.2) is 0 Å². The van der Waals surface area contributed by atoms with Crippen molar-refractivity contribution in [3.8, 4) is 28.1 Å². The van der Waals surface area contributed by atoms with Crippen LogP contribution in [0.25, 0.3) is 33.2 Å². The molecule has 0 aliphatic carbocycles. The first-order valence-corrected chi connectivity index (χ1v) is 21.7. The van der Waals surface area contributed by atoms with E-state index >= 15 is 0 Å². The molecule has 4 aromatic rings. The van der Waals surface area contributed by atoms with Gasteiger partial charge in [0.05, 0.1) is 50.0 Å². The molecule has 3 aromatic carbocycles. The van der Waals surface area contributed by atoms with E-state index in [1.165, 1.54) is 21.3 Å². The normalized spacial score (nSPS) is 21.7. The van der Waals surface area contributed by atoms with Gasteiger partial charge < -0.3 is 44.4 Å². The Labute approximate surface area is 361 Å². The summed E-state index contributed by atoms with van der Waals surface area (Å²) in [5.41, 5.74) is 7.91. The number of benzene rings is 3. The molecule has 4 aliphatic rings. The zero-order valence-electron chi connectivity index (χ0n) is 36.7. The summed E-state index contributed by atoms with van der Waals surface area (Å²) in [5, 5.41) is 7.58. The Hall–Kier alpha value is -5.96. The SMILES string of the molecule is CC[C@H]1CC[C@@H](C2=Nc3ccc4cc5c(cc4c3C2)OCc2cc(-c3cnc([C@@H]4CC[C@H](C)N4C(=O)C(NC(=O)OC)C(C)C)[nH]3)ccc2-5)N1C(=O)[C@@H](NC(=O)OC)[C@@H](C)OC. The highest BCUT2D eigenvalue weighted by Gasteiger charge is 2.45. The summed E-state index contributed by atoms with van der Waals surface area (Å²) >= 11 is 0. The lowest BCUT2D eigenvalue weighted by molar-refractivity contribution is -0.138. The van der Waals surface area contributed by atoms with E-state index in [2.05, 4.69) is 65.0 Å². The third kappa shape index (κ3) is 7.75. The first-order valence-electron chi connectivity index (χ1n) is 21.7. The van der Waals surface area contributed by atoms with Gasteiger partial charge >= 0.3 is 12.2 Å². The van der Waals surface area contributed by atoms with E-state index in [1.54, 1.807) is 6.92 Å². The number of alkyl carbamates (subject to hydrolysis) is 2. The Morgan fingerprint density at radius 3 is 2.31 bits per heavy atom. The van der Waals surface area contributed by atoms with Gasteiger partial charge in [-0.2, -0.15) is 0 Å². The van der Waals surface area contributed by atoms with Crippen molar-refractivity contribution in [1.82, 2.24) is 30.4 Å². The summed E-state index contributed by atoms with van der Waals surface area (Å²) in [6.07, 6.45) is 4.53. The number of likely N-dealkylation sites (tertiary alicyclic amines) is 2. The summed E-state index contributed by atoms with van der Waals surface area (Å²) in [6.45, 7) is 10.1. The molecule has 1 unspecified atom stereocenters. The van der Waals surface area contributed by atoms with Crippen LogP contribution >= 0.6 is 0 Å². The summed E-state index contributed by atoms with van der Waals surface area (Å²) in [7, 11) is 4.10. The molecule has 0 saturated carbocycles. The van der Waals surface area contributed by atoms with Crippen molar-refractivity contribution >= 4 is 46.2 Å². The van der Waals surface area contributed by atoms with Gasteiger partial charge in [0.2, 0.25) is 11.8 Å². The molecule has 0 radical (unpaired) electrons. The highest BCUT2D eigenvalue weighted by atomic mass is 16.5. The second kappa shape index (κ2) is 17.4. The van der Waals surface area contributed by atoms with E-state index < -0.39 is 30.4 Å². The minimum absolute atomic E-state index is 0.0102. The van der Waals surface area contributed by atoms with Crippen molar-refractivity contribution in [3.05, 3.63) is 65.6 Å².